The van der Waals surface area contributed by atoms with Crippen LogP contribution in [0.1, 0.15) is 32.6 Å². The van der Waals surface area contributed by atoms with Gasteiger partial charge in [-0.3, -0.25) is 9.69 Å². The van der Waals surface area contributed by atoms with Crippen LogP contribution in [0.25, 0.3) is 0 Å². The maximum Gasteiger partial charge on any atom is 0.238 e. The molecule has 0 aliphatic carbocycles. The summed E-state index contributed by atoms with van der Waals surface area (Å²) in [6.45, 7) is 3.69. The summed E-state index contributed by atoms with van der Waals surface area (Å²) in [5.41, 5.74) is 0.741. The van der Waals surface area contributed by atoms with Crippen molar-refractivity contribution >= 4 is 11.6 Å². The Labute approximate surface area is 121 Å². The second kappa shape index (κ2) is 7.29. The number of hydrogen-bond acceptors (Lipinski definition) is 3. The Morgan fingerprint density at radius 2 is 2.20 bits per heavy atom. The van der Waals surface area contributed by atoms with Gasteiger partial charge in [-0.2, -0.15) is 0 Å². The van der Waals surface area contributed by atoms with E-state index in [0.717, 1.165) is 18.7 Å². The molecule has 0 spiro atoms. The molecule has 0 saturated carbocycles. The van der Waals surface area contributed by atoms with Crippen LogP contribution >= 0.6 is 0 Å². The van der Waals surface area contributed by atoms with Crippen molar-refractivity contribution in [2.24, 2.45) is 0 Å². The normalized spacial score (nSPS) is 19.6. The molecular weight excluding hydrogens is 252 g/mol. The average Bonchev–Trinajstić information content (AvgIpc) is 2.48. The first-order chi connectivity index (χ1) is 9.74. The van der Waals surface area contributed by atoms with Crippen LogP contribution in [0, 0.1) is 0 Å². The van der Waals surface area contributed by atoms with Crippen molar-refractivity contribution in [1.82, 2.24) is 4.90 Å². The third kappa shape index (κ3) is 3.73. The number of hydrogen-bond donors (Lipinski definition) is 1. The third-order valence-corrected chi connectivity index (χ3v) is 3.95. The van der Waals surface area contributed by atoms with Crippen molar-refractivity contribution in [3.8, 4) is 5.75 Å². The van der Waals surface area contributed by atoms with Crippen molar-refractivity contribution in [2.45, 2.75) is 38.6 Å². The van der Waals surface area contributed by atoms with Crippen molar-refractivity contribution in [1.29, 1.82) is 0 Å². The summed E-state index contributed by atoms with van der Waals surface area (Å²) in [6.07, 6.45) is 4.79. The summed E-state index contributed by atoms with van der Waals surface area (Å²) in [5, 5.41) is 2.95. The lowest BCUT2D eigenvalue weighted by molar-refractivity contribution is -0.118. The summed E-state index contributed by atoms with van der Waals surface area (Å²) in [6, 6.07) is 8.06. The van der Waals surface area contributed by atoms with Gasteiger partial charge < -0.3 is 10.1 Å². The Bertz CT molecular complexity index is 448. The van der Waals surface area contributed by atoms with Crippen molar-refractivity contribution in [2.75, 3.05) is 25.5 Å². The van der Waals surface area contributed by atoms with Gasteiger partial charge in [0.1, 0.15) is 5.75 Å². The fourth-order valence-electron chi connectivity index (χ4n) is 2.85. The van der Waals surface area contributed by atoms with E-state index in [2.05, 4.69) is 17.1 Å². The van der Waals surface area contributed by atoms with E-state index in [0.29, 0.717) is 18.3 Å². The number of piperidine rings is 1. The van der Waals surface area contributed by atoms with Gasteiger partial charge in [-0.1, -0.05) is 25.5 Å². The quantitative estimate of drug-likeness (QED) is 0.899. The molecule has 1 fully saturated rings. The lowest BCUT2D eigenvalue weighted by Gasteiger charge is -2.34. The van der Waals surface area contributed by atoms with Crippen LogP contribution in [-0.2, 0) is 4.79 Å². The number of carbonyl (C=O) groups is 1. The van der Waals surface area contributed by atoms with Crippen LogP contribution < -0.4 is 10.1 Å². The lowest BCUT2D eigenvalue weighted by Crippen LogP contribution is -2.43. The second-order valence-corrected chi connectivity index (χ2v) is 5.28. The molecule has 20 heavy (non-hydrogen) atoms. The largest absolute Gasteiger partial charge is 0.495 e. The number of amides is 1. The zero-order valence-electron chi connectivity index (χ0n) is 12.4. The van der Waals surface area contributed by atoms with Crippen molar-refractivity contribution in [3.05, 3.63) is 24.3 Å². The predicted octanol–water partition coefficient (Wildman–Crippen LogP) is 2.90. The Hall–Kier alpha value is -1.55. The number of likely N-dealkylation sites (tertiary alicyclic amines) is 1. The van der Waals surface area contributed by atoms with Gasteiger partial charge in [-0.05, 0) is 37.9 Å². The molecule has 0 bridgehead atoms. The van der Waals surface area contributed by atoms with Gasteiger partial charge in [0, 0.05) is 6.04 Å². The number of para-hydroxylation sites is 2. The Kier molecular flexibility index (Phi) is 5.41. The first-order valence-corrected chi connectivity index (χ1v) is 7.41. The van der Waals surface area contributed by atoms with Crippen LogP contribution in [0.2, 0.25) is 0 Å². The number of ether oxygens (including phenoxy) is 1. The van der Waals surface area contributed by atoms with E-state index in [-0.39, 0.29) is 5.91 Å². The van der Waals surface area contributed by atoms with Gasteiger partial charge in [0.05, 0.1) is 19.3 Å². The second-order valence-electron chi connectivity index (χ2n) is 5.28. The highest BCUT2D eigenvalue weighted by Gasteiger charge is 2.22. The summed E-state index contributed by atoms with van der Waals surface area (Å²) >= 11 is 0. The summed E-state index contributed by atoms with van der Waals surface area (Å²) in [7, 11) is 1.61. The van der Waals surface area contributed by atoms with E-state index in [1.807, 2.05) is 24.3 Å². The number of carbonyl (C=O) groups excluding carboxylic acids is 1. The summed E-state index contributed by atoms with van der Waals surface area (Å²) in [4.78, 5) is 14.5. The van der Waals surface area contributed by atoms with E-state index in [1.54, 1.807) is 7.11 Å². The summed E-state index contributed by atoms with van der Waals surface area (Å²) in [5.74, 6) is 0.737. The highest BCUT2D eigenvalue weighted by molar-refractivity contribution is 5.93. The molecule has 4 nitrogen and oxygen atoms in total. The van der Waals surface area contributed by atoms with Gasteiger partial charge in [-0.15, -0.1) is 0 Å². The highest BCUT2D eigenvalue weighted by atomic mass is 16.5. The number of nitrogens with zero attached hydrogens (tertiary/aromatic N) is 1. The monoisotopic (exact) mass is 276 g/mol. The smallest absolute Gasteiger partial charge is 0.238 e. The molecule has 110 valence electrons. The topological polar surface area (TPSA) is 41.6 Å². The minimum absolute atomic E-state index is 0.0369. The first kappa shape index (κ1) is 14.9. The molecule has 1 aliphatic heterocycles. The molecule has 1 saturated heterocycles. The molecule has 1 amide bonds. The van der Waals surface area contributed by atoms with Gasteiger partial charge >= 0.3 is 0 Å². The summed E-state index contributed by atoms with van der Waals surface area (Å²) < 4.78 is 5.25. The molecule has 2 rings (SSSR count). The molecule has 1 atom stereocenters. The van der Waals surface area contributed by atoms with Gasteiger partial charge in [0.25, 0.3) is 0 Å². The van der Waals surface area contributed by atoms with E-state index in [9.17, 15) is 4.79 Å². The van der Waals surface area contributed by atoms with Crippen molar-refractivity contribution < 1.29 is 9.53 Å². The zero-order chi connectivity index (χ0) is 14.4. The number of methoxy groups -OCH3 is 1. The van der Waals surface area contributed by atoms with Crippen LogP contribution in [0.3, 0.4) is 0 Å². The lowest BCUT2D eigenvalue weighted by atomic mass is 10.00. The fraction of sp³-hybridized carbons (Fsp3) is 0.562. The number of nitrogens with one attached hydrogen (secondary N) is 1. The third-order valence-electron chi connectivity index (χ3n) is 3.95. The molecule has 0 aromatic heterocycles. The van der Waals surface area contributed by atoms with Gasteiger partial charge in [-0.25, -0.2) is 0 Å². The Balaban J connectivity index is 1.94. The highest BCUT2D eigenvalue weighted by Crippen LogP contribution is 2.23. The maximum atomic E-state index is 12.2. The van der Waals surface area contributed by atoms with Gasteiger partial charge in [0.15, 0.2) is 0 Å². The van der Waals surface area contributed by atoms with Crippen molar-refractivity contribution in [3.63, 3.8) is 0 Å². The molecule has 1 N–H and O–H groups in total. The first-order valence-electron chi connectivity index (χ1n) is 7.41. The molecule has 1 heterocycles. The number of anilines is 1. The predicted molar refractivity (Wildman–Crippen MR) is 81.1 cm³/mol. The van der Waals surface area contributed by atoms with E-state index in [4.69, 9.17) is 4.74 Å². The maximum absolute atomic E-state index is 12.2. The van der Waals surface area contributed by atoms with Gasteiger partial charge in [0.2, 0.25) is 5.91 Å². The van der Waals surface area contributed by atoms with E-state index in [1.165, 1.54) is 19.3 Å². The van der Waals surface area contributed by atoms with Crippen LogP contribution in [0.5, 0.6) is 5.75 Å². The number of benzene rings is 1. The minimum Gasteiger partial charge on any atom is -0.495 e. The molecule has 4 heteroatoms. The zero-order valence-corrected chi connectivity index (χ0v) is 12.4. The molecular formula is C16H24N2O2. The molecule has 1 aliphatic rings. The van der Waals surface area contributed by atoms with Crippen LogP contribution in [0.4, 0.5) is 5.69 Å². The van der Waals surface area contributed by atoms with E-state index >= 15 is 0 Å². The van der Waals surface area contributed by atoms with Crippen LogP contribution in [-0.4, -0.2) is 37.0 Å². The standard InChI is InChI=1S/C16H24N2O2/c1-3-13-8-6-7-11-18(13)12-16(19)17-14-9-4-5-10-15(14)20-2/h4-5,9-10,13H,3,6-8,11-12H2,1-2H3,(H,17,19). The molecule has 1 aromatic rings. The fourth-order valence-corrected chi connectivity index (χ4v) is 2.85. The number of rotatable bonds is 5. The van der Waals surface area contributed by atoms with Crippen LogP contribution in [0.15, 0.2) is 24.3 Å². The molecule has 1 aromatic carbocycles. The molecule has 1 unspecified atom stereocenters. The molecule has 0 radical (unpaired) electrons. The SMILES string of the molecule is CCC1CCCCN1CC(=O)Nc1ccccc1OC. The van der Waals surface area contributed by atoms with E-state index < -0.39 is 0 Å². The Morgan fingerprint density at radius 1 is 1.40 bits per heavy atom. The Morgan fingerprint density at radius 3 is 2.95 bits per heavy atom. The average molecular weight is 276 g/mol. The minimum atomic E-state index is 0.0369.